The third-order valence-corrected chi connectivity index (χ3v) is 5.55. The number of piperazine rings is 1. The van der Waals surface area contributed by atoms with Gasteiger partial charge < -0.3 is 24.2 Å². The number of nitrogens with zero attached hydrogens (tertiary/aromatic N) is 4. The van der Waals surface area contributed by atoms with Crippen LogP contribution in [0.15, 0.2) is 12.4 Å². The molecule has 2 fully saturated rings. The zero-order valence-electron chi connectivity index (χ0n) is 16.3. The molecule has 3 rings (SSSR count). The Morgan fingerprint density at radius 3 is 2.19 bits per heavy atom. The summed E-state index contributed by atoms with van der Waals surface area (Å²) in [5.74, 6) is -0.844. The molecule has 1 N–H and O–H groups in total. The molecular weight excluding hydrogens is 351 g/mol. The third-order valence-electron chi connectivity index (χ3n) is 5.55. The normalized spacial score (nSPS) is 24.2. The second kappa shape index (κ2) is 6.76. The molecule has 10 heteroatoms. The summed E-state index contributed by atoms with van der Waals surface area (Å²) in [7, 11) is -0.575. The van der Waals surface area contributed by atoms with Gasteiger partial charge in [-0.1, -0.05) is 0 Å². The molecule has 0 spiro atoms. The van der Waals surface area contributed by atoms with Crippen molar-refractivity contribution in [3.63, 3.8) is 0 Å². The van der Waals surface area contributed by atoms with E-state index in [0.29, 0.717) is 24.5 Å². The summed E-state index contributed by atoms with van der Waals surface area (Å²) < 4.78 is 12.0. The summed E-state index contributed by atoms with van der Waals surface area (Å²) in [4.78, 5) is 35.0. The van der Waals surface area contributed by atoms with Crippen LogP contribution in [0.3, 0.4) is 0 Å². The van der Waals surface area contributed by atoms with Gasteiger partial charge in [0.15, 0.2) is 0 Å². The molecule has 1 aromatic heterocycles. The predicted molar refractivity (Wildman–Crippen MR) is 98.8 cm³/mol. The van der Waals surface area contributed by atoms with Crippen LogP contribution in [0.25, 0.3) is 0 Å². The molecule has 0 bridgehead atoms. The van der Waals surface area contributed by atoms with E-state index in [0.717, 1.165) is 0 Å². The van der Waals surface area contributed by atoms with Crippen molar-refractivity contribution in [1.82, 2.24) is 14.9 Å². The molecule has 2 aliphatic heterocycles. The van der Waals surface area contributed by atoms with Crippen molar-refractivity contribution < 1.29 is 24.0 Å². The monoisotopic (exact) mass is 376 g/mol. The van der Waals surface area contributed by atoms with Crippen LogP contribution in [-0.2, 0) is 18.9 Å². The van der Waals surface area contributed by atoms with Crippen molar-refractivity contribution in [3.8, 4) is 0 Å². The van der Waals surface area contributed by atoms with Gasteiger partial charge in [-0.05, 0) is 27.7 Å². The largest absolute Gasteiger partial charge is 0.498 e. The maximum absolute atomic E-state index is 11.7. The third kappa shape index (κ3) is 3.63. The Hall–Kier alpha value is -2.20. The zero-order valence-corrected chi connectivity index (χ0v) is 16.3. The Morgan fingerprint density at radius 1 is 1.15 bits per heavy atom. The van der Waals surface area contributed by atoms with Gasteiger partial charge in [0.05, 0.1) is 17.7 Å². The van der Waals surface area contributed by atoms with Gasteiger partial charge in [-0.3, -0.25) is 4.79 Å². The number of carbonyl (C=O) groups excluding carboxylic acids is 1. The number of aromatic nitrogens is 2. The van der Waals surface area contributed by atoms with E-state index in [1.807, 2.05) is 27.7 Å². The lowest BCUT2D eigenvalue weighted by Gasteiger charge is -2.38. The number of amides is 1. The SMILES string of the molecule is CC(=O)N1CCN(c2ncc(B3OC(C)(C)C(C)(C)O3)cn2)[C@H](C(=O)O)C1. The van der Waals surface area contributed by atoms with Gasteiger partial charge in [-0.15, -0.1) is 0 Å². The number of rotatable bonds is 3. The van der Waals surface area contributed by atoms with E-state index >= 15 is 0 Å². The van der Waals surface area contributed by atoms with Crippen LogP contribution >= 0.6 is 0 Å². The van der Waals surface area contributed by atoms with E-state index < -0.39 is 30.3 Å². The Morgan fingerprint density at radius 2 is 1.70 bits per heavy atom. The molecule has 146 valence electrons. The van der Waals surface area contributed by atoms with Crippen LogP contribution in [0.1, 0.15) is 34.6 Å². The van der Waals surface area contributed by atoms with Gasteiger partial charge in [0.25, 0.3) is 0 Å². The molecule has 1 aromatic rings. The number of carbonyl (C=O) groups is 2. The van der Waals surface area contributed by atoms with Crippen LogP contribution in [0, 0.1) is 0 Å². The summed E-state index contributed by atoms with van der Waals surface area (Å²) in [6, 6.07) is -0.884. The van der Waals surface area contributed by atoms with Crippen LogP contribution < -0.4 is 10.4 Å². The molecule has 0 aromatic carbocycles. The van der Waals surface area contributed by atoms with Gasteiger partial charge in [-0.2, -0.15) is 0 Å². The second-order valence-electron chi connectivity index (χ2n) is 7.92. The molecule has 0 saturated carbocycles. The molecule has 2 saturated heterocycles. The van der Waals surface area contributed by atoms with Crippen LogP contribution in [0.4, 0.5) is 5.95 Å². The molecule has 9 nitrogen and oxygen atoms in total. The molecule has 0 radical (unpaired) electrons. The van der Waals surface area contributed by atoms with Crippen molar-refractivity contribution in [2.24, 2.45) is 0 Å². The minimum atomic E-state index is -1.01. The first kappa shape index (κ1) is 19.6. The first-order valence-corrected chi connectivity index (χ1v) is 8.94. The number of anilines is 1. The van der Waals surface area contributed by atoms with Crippen molar-refractivity contribution in [1.29, 1.82) is 0 Å². The summed E-state index contributed by atoms with van der Waals surface area (Å²) in [5.41, 5.74) is -0.256. The van der Waals surface area contributed by atoms with Crippen LogP contribution in [-0.4, -0.2) is 75.8 Å². The van der Waals surface area contributed by atoms with Crippen LogP contribution in [0.2, 0.25) is 0 Å². The average Bonchev–Trinajstić information content (AvgIpc) is 2.82. The highest BCUT2D eigenvalue weighted by atomic mass is 16.7. The smallest absolute Gasteiger partial charge is 0.480 e. The highest BCUT2D eigenvalue weighted by molar-refractivity contribution is 6.61. The molecular formula is C17H25BN4O5. The highest BCUT2D eigenvalue weighted by Crippen LogP contribution is 2.36. The van der Waals surface area contributed by atoms with E-state index in [1.165, 1.54) is 11.8 Å². The number of hydrogen-bond acceptors (Lipinski definition) is 7. The lowest BCUT2D eigenvalue weighted by Crippen LogP contribution is -2.58. The van der Waals surface area contributed by atoms with Crippen molar-refractivity contribution in [2.45, 2.75) is 51.9 Å². The lowest BCUT2D eigenvalue weighted by molar-refractivity contribution is -0.141. The summed E-state index contributed by atoms with van der Waals surface area (Å²) >= 11 is 0. The van der Waals surface area contributed by atoms with Crippen molar-refractivity contribution >= 4 is 30.4 Å². The molecule has 27 heavy (non-hydrogen) atoms. The van der Waals surface area contributed by atoms with Gasteiger partial charge in [0.2, 0.25) is 11.9 Å². The molecule has 1 amide bonds. The Balaban J connectivity index is 1.77. The number of carboxylic acids is 1. The van der Waals surface area contributed by atoms with E-state index in [2.05, 4.69) is 9.97 Å². The van der Waals surface area contributed by atoms with Crippen LogP contribution in [0.5, 0.6) is 0 Å². The Kier molecular flexibility index (Phi) is 4.90. The minimum Gasteiger partial charge on any atom is -0.480 e. The number of aliphatic carboxylic acids is 1. The first-order chi connectivity index (χ1) is 12.5. The fraction of sp³-hybridized carbons (Fsp3) is 0.647. The minimum absolute atomic E-state index is 0.104. The topological polar surface area (TPSA) is 105 Å². The fourth-order valence-corrected chi connectivity index (χ4v) is 3.10. The number of carboxylic acid groups (broad SMARTS) is 1. The molecule has 1 atom stereocenters. The molecule has 2 aliphatic rings. The first-order valence-electron chi connectivity index (χ1n) is 8.94. The maximum atomic E-state index is 11.7. The molecule has 0 unspecified atom stereocenters. The molecule has 3 heterocycles. The number of hydrogen-bond donors (Lipinski definition) is 1. The van der Waals surface area contributed by atoms with Gasteiger partial charge in [-0.25, -0.2) is 14.8 Å². The zero-order chi connectivity index (χ0) is 20.0. The van der Waals surface area contributed by atoms with Gasteiger partial charge >= 0.3 is 13.1 Å². The van der Waals surface area contributed by atoms with E-state index in [-0.39, 0.29) is 12.5 Å². The maximum Gasteiger partial charge on any atom is 0.498 e. The predicted octanol–water partition coefficient (Wildman–Crippen LogP) is -0.102. The van der Waals surface area contributed by atoms with Gasteiger partial charge in [0.1, 0.15) is 6.04 Å². The Bertz CT molecular complexity index is 723. The fourth-order valence-electron chi connectivity index (χ4n) is 3.10. The highest BCUT2D eigenvalue weighted by Gasteiger charge is 2.52. The summed E-state index contributed by atoms with van der Waals surface area (Å²) in [5, 5.41) is 9.54. The van der Waals surface area contributed by atoms with Crippen molar-refractivity contribution in [2.75, 3.05) is 24.5 Å². The summed E-state index contributed by atoms with van der Waals surface area (Å²) in [6.07, 6.45) is 3.20. The van der Waals surface area contributed by atoms with Crippen molar-refractivity contribution in [3.05, 3.63) is 12.4 Å². The summed E-state index contributed by atoms with van der Waals surface area (Å²) in [6.45, 7) is 10.2. The second-order valence-corrected chi connectivity index (χ2v) is 7.92. The average molecular weight is 376 g/mol. The van der Waals surface area contributed by atoms with E-state index in [9.17, 15) is 14.7 Å². The standard InChI is InChI=1S/C17H25BN4O5/c1-11(23)21-6-7-22(13(10-21)14(24)25)15-19-8-12(9-20-15)18-26-16(2,3)17(4,5)27-18/h8-9,13H,6-7,10H2,1-5H3,(H,24,25)/t13-/m0/s1. The Labute approximate surface area is 158 Å². The van der Waals surface area contributed by atoms with Gasteiger partial charge in [0, 0.05) is 37.9 Å². The molecule has 0 aliphatic carbocycles. The quantitative estimate of drug-likeness (QED) is 0.730. The van der Waals surface area contributed by atoms with E-state index in [1.54, 1.807) is 17.3 Å². The van der Waals surface area contributed by atoms with E-state index in [4.69, 9.17) is 9.31 Å². The lowest BCUT2D eigenvalue weighted by atomic mass is 9.81.